The first-order valence-corrected chi connectivity index (χ1v) is 9.46. The maximum atomic E-state index is 12.3. The van der Waals surface area contributed by atoms with Crippen molar-refractivity contribution in [1.29, 1.82) is 0 Å². The Hall–Kier alpha value is -2.44. The summed E-state index contributed by atoms with van der Waals surface area (Å²) in [5.74, 6) is 0.570. The van der Waals surface area contributed by atoms with Crippen LogP contribution in [0.15, 0.2) is 18.2 Å². The molecule has 0 spiro atoms. The van der Waals surface area contributed by atoms with Gasteiger partial charge in [0.1, 0.15) is 0 Å². The lowest BCUT2D eigenvalue weighted by atomic mass is 9.99. The highest BCUT2D eigenvalue weighted by atomic mass is 16.5. The van der Waals surface area contributed by atoms with E-state index in [1.165, 1.54) is 0 Å². The zero-order valence-electron chi connectivity index (χ0n) is 16.4. The van der Waals surface area contributed by atoms with Gasteiger partial charge >= 0.3 is 12.0 Å². The molecular weight excluding hydrogens is 348 g/mol. The van der Waals surface area contributed by atoms with Crippen LogP contribution in [0.3, 0.4) is 0 Å². The third-order valence-corrected chi connectivity index (χ3v) is 4.68. The Morgan fingerprint density at radius 2 is 2.11 bits per heavy atom. The second-order valence-electron chi connectivity index (χ2n) is 7.30. The highest BCUT2D eigenvalue weighted by Crippen LogP contribution is 2.28. The molecule has 0 radical (unpaired) electrons. The molecule has 2 rings (SSSR count). The number of carboxylic acids is 1. The van der Waals surface area contributed by atoms with Crippen molar-refractivity contribution in [2.24, 2.45) is 11.8 Å². The van der Waals surface area contributed by atoms with E-state index < -0.39 is 11.9 Å². The Morgan fingerprint density at radius 1 is 1.33 bits per heavy atom. The maximum absolute atomic E-state index is 12.3. The van der Waals surface area contributed by atoms with Crippen molar-refractivity contribution in [1.82, 2.24) is 10.2 Å². The number of hydrogen-bond acceptors (Lipinski definition) is 4. The maximum Gasteiger partial charge on any atom is 0.317 e. The van der Waals surface area contributed by atoms with Crippen LogP contribution in [-0.4, -0.2) is 48.8 Å². The fraction of sp³-hybridized carbons (Fsp3) is 0.600. The van der Waals surface area contributed by atoms with Crippen molar-refractivity contribution in [3.05, 3.63) is 23.8 Å². The number of hydrogen-bond donors (Lipinski definition) is 2. The second kappa shape index (κ2) is 10.0. The highest BCUT2D eigenvalue weighted by Gasteiger charge is 2.27. The summed E-state index contributed by atoms with van der Waals surface area (Å²) in [7, 11) is 1.59. The van der Waals surface area contributed by atoms with Crippen LogP contribution in [0.5, 0.6) is 11.5 Å². The van der Waals surface area contributed by atoms with E-state index in [2.05, 4.69) is 19.2 Å². The highest BCUT2D eigenvalue weighted by molar-refractivity contribution is 5.76. The van der Waals surface area contributed by atoms with Crippen LogP contribution in [-0.2, 0) is 11.3 Å². The van der Waals surface area contributed by atoms with Gasteiger partial charge in [-0.15, -0.1) is 0 Å². The van der Waals surface area contributed by atoms with Gasteiger partial charge in [-0.25, -0.2) is 4.79 Å². The first-order chi connectivity index (χ1) is 12.9. The van der Waals surface area contributed by atoms with Gasteiger partial charge in [-0.3, -0.25) is 4.79 Å². The van der Waals surface area contributed by atoms with Crippen LogP contribution >= 0.6 is 0 Å². The number of amides is 2. The molecule has 1 aromatic carbocycles. The molecule has 2 N–H and O–H groups in total. The predicted molar refractivity (Wildman–Crippen MR) is 102 cm³/mol. The molecule has 0 saturated carbocycles. The molecule has 150 valence electrons. The van der Waals surface area contributed by atoms with Gasteiger partial charge in [0, 0.05) is 19.6 Å². The number of piperidine rings is 1. The molecule has 1 heterocycles. The van der Waals surface area contributed by atoms with Gasteiger partial charge in [0.2, 0.25) is 0 Å². The standard InChI is InChI=1S/C20H30N2O5/c1-14(2)8-10-27-17-7-6-15(11-18(17)26-3)12-21-20(25)22-9-4-5-16(13-22)19(23)24/h6-7,11,14,16H,4-5,8-10,12-13H2,1-3H3,(H,21,25)(H,23,24). The molecule has 7 heteroatoms. The van der Waals surface area contributed by atoms with E-state index in [-0.39, 0.29) is 12.6 Å². The number of carboxylic acid groups (broad SMARTS) is 1. The summed E-state index contributed by atoms with van der Waals surface area (Å²) in [6, 6.07) is 5.35. The minimum Gasteiger partial charge on any atom is -0.493 e. The first kappa shape index (κ1) is 20.9. The van der Waals surface area contributed by atoms with Gasteiger partial charge in [0.15, 0.2) is 11.5 Å². The summed E-state index contributed by atoms with van der Waals surface area (Å²) < 4.78 is 11.2. The average Bonchev–Trinajstić information content (AvgIpc) is 2.66. The van der Waals surface area contributed by atoms with Crippen LogP contribution in [0.25, 0.3) is 0 Å². The lowest BCUT2D eigenvalue weighted by Crippen LogP contribution is -2.46. The van der Waals surface area contributed by atoms with E-state index in [0.29, 0.717) is 50.0 Å². The molecule has 0 bridgehead atoms. The zero-order chi connectivity index (χ0) is 19.8. The number of nitrogens with one attached hydrogen (secondary N) is 1. The van der Waals surface area contributed by atoms with Crippen molar-refractivity contribution in [2.75, 3.05) is 26.8 Å². The van der Waals surface area contributed by atoms with Gasteiger partial charge in [-0.05, 0) is 42.9 Å². The number of rotatable bonds is 8. The van der Waals surface area contributed by atoms with E-state index >= 15 is 0 Å². The molecule has 1 aliphatic rings. The van der Waals surface area contributed by atoms with E-state index in [9.17, 15) is 9.59 Å². The summed E-state index contributed by atoms with van der Waals surface area (Å²) in [6.07, 6.45) is 2.29. The number of methoxy groups -OCH3 is 1. The first-order valence-electron chi connectivity index (χ1n) is 9.46. The van der Waals surface area contributed by atoms with Crippen LogP contribution in [0.4, 0.5) is 4.79 Å². The van der Waals surface area contributed by atoms with Gasteiger partial charge < -0.3 is 24.8 Å². The fourth-order valence-electron chi connectivity index (χ4n) is 3.00. The molecule has 1 atom stereocenters. The number of carbonyl (C=O) groups is 2. The number of urea groups is 1. The number of ether oxygens (including phenoxy) is 2. The molecule has 0 aliphatic carbocycles. The average molecular weight is 378 g/mol. The van der Waals surface area contributed by atoms with E-state index in [0.717, 1.165) is 12.0 Å². The number of nitrogens with zero attached hydrogens (tertiary/aromatic N) is 1. The largest absolute Gasteiger partial charge is 0.493 e. The summed E-state index contributed by atoms with van der Waals surface area (Å²) >= 11 is 0. The van der Waals surface area contributed by atoms with Gasteiger partial charge in [0.25, 0.3) is 0 Å². The second-order valence-corrected chi connectivity index (χ2v) is 7.30. The van der Waals surface area contributed by atoms with Gasteiger partial charge in [-0.2, -0.15) is 0 Å². The normalized spacial score (nSPS) is 16.9. The predicted octanol–water partition coefficient (Wildman–Crippen LogP) is 3.13. The Bertz CT molecular complexity index is 647. The molecule has 27 heavy (non-hydrogen) atoms. The number of likely N-dealkylation sites (tertiary alicyclic amines) is 1. The van der Waals surface area contributed by atoms with Crippen molar-refractivity contribution < 1.29 is 24.2 Å². The molecule has 2 amide bonds. The topological polar surface area (TPSA) is 88.1 Å². The Morgan fingerprint density at radius 3 is 2.78 bits per heavy atom. The quantitative estimate of drug-likeness (QED) is 0.726. The fourth-order valence-corrected chi connectivity index (χ4v) is 3.00. The van der Waals surface area contributed by atoms with Crippen LogP contribution in [0.1, 0.15) is 38.7 Å². The molecule has 0 aromatic heterocycles. The molecular formula is C20H30N2O5. The molecule has 7 nitrogen and oxygen atoms in total. The van der Waals surface area contributed by atoms with Crippen molar-refractivity contribution in [2.45, 2.75) is 39.7 Å². The summed E-state index contributed by atoms with van der Waals surface area (Å²) in [5, 5.41) is 12.0. The van der Waals surface area contributed by atoms with Crippen molar-refractivity contribution in [3.8, 4) is 11.5 Å². The smallest absolute Gasteiger partial charge is 0.317 e. The van der Waals surface area contributed by atoms with E-state index in [1.807, 2.05) is 18.2 Å². The molecule has 1 aliphatic heterocycles. The number of carbonyl (C=O) groups excluding carboxylic acids is 1. The SMILES string of the molecule is COc1cc(CNC(=O)N2CCCC(C(=O)O)C2)ccc1OCCC(C)C. The Kier molecular flexibility index (Phi) is 7.76. The molecule has 1 aromatic rings. The molecule has 1 fully saturated rings. The Balaban J connectivity index is 1.89. The summed E-state index contributed by atoms with van der Waals surface area (Å²) in [4.78, 5) is 25.0. The summed E-state index contributed by atoms with van der Waals surface area (Å²) in [6.45, 7) is 6.11. The van der Waals surface area contributed by atoms with Crippen LogP contribution in [0, 0.1) is 11.8 Å². The number of benzene rings is 1. The van der Waals surface area contributed by atoms with Gasteiger partial charge in [-0.1, -0.05) is 19.9 Å². The molecule has 1 unspecified atom stereocenters. The monoisotopic (exact) mass is 378 g/mol. The molecule has 1 saturated heterocycles. The lowest BCUT2D eigenvalue weighted by molar-refractivity contribution is -0.143. The van der Waals surface area contributed by atoms with Crippen molar-refractivity contribution in [3.63, 3.8) is 0 Å². The third-order valence-electron chi connectivity index (χ3n) is 4.68. The minimum absolute atomic E-state index is 0.239. The van der Waals surface area contributed by atoms with Crippen molar-refractivity contribution >= 4 is 12.0 Å². The van der Waals surface area contributed by atoms with Crippen LogP contribution < -0.4 is 14.8 Å². The number of aliphatic carboxylic acids is 1. The van der Waals surface area contributed by atoms with Gasteiger partial charge in [0.05, 0.1) is 19.6 Å². The van der Waals surface area contributed by atoms with E-state index in [1.54, 1.807) is 12.0 Å². The third kappa shape index (κ3) is 6.34. The minimum atomic E-state index is -0.842. The van der Waals surface area contributed by atoms with E-state index in [4.69, 9.17) is 14.6 Å². The zero-order valence-corrected chi connectivity index (χ0v) is 16.4. The summed E-state index contributed by atoms with van der Waals surface area (Å²) in [5.41, 5.74) is 0.892. The lowest BCUT2D eigenvalue weighted by Gasteiger charge is -2.30. The van der Waals surface area contributed by atoms with Crippen LogP contribution in [0.2, 0.25) is 0 Å². The Labute approximate surface area is 160 Å².